The molecule has 1 unspecified atom stereocenters. The van der Waals surface area contributed by atoms with Crippen molar-refractivity contribution in [2.24, 2.45) is 11.8 Å². The van der Waals surface area contributed by atoms with Gasteiger partial charge in [0.15, 0.2) is 0 Å². The minimum atomic E-state index is -1.41. The van der Waals surface area contributed by atoms with Crippen molar-refractivity contribution in [3.63, 3.8) is 0 Å². The van der Waals surface area contributed by atoms with Gasteiger partial charge in [-0.3, -0.25) is 19.2 Å². The summed E-state index contributed by atoms with van der Waals surface area (Å²) in [4.78, 5) is 58.5. The van der Waals surface area contributed by atoms with E-state index in [2.05, 4.69) is 34.4 Å². The van der Waals surface area contributed by atoms with Gasteiger partial charge in [-0.05, 0) is 50.3 Å². The molecule has 3 fully saturated rings. The number of nitrogens with one attached hydrogen (secondary N) is 1. The molecule has 5 rings (SSSR count). The van der Waals surface area contributed by atoms with Gasteiger partial charge >= 0.3 is 5.97 Å². The van der Waals surface area contributed by atoms with Gasteiger partial charge in [0.05, 0.1) is 47.8 Å². The number of aliphatic hydroxyl groups excluding tert-OH is 1. The van der Waals surface area contributed by atoms with Gasteiger partial charge in [-0.25, -0.2) is 0 Å². The van der Waals surface area contributed by atoms with Crippen molar-refractivity contribution in [3.05, 3.63) is 90.0 Å². The Hall–Kier alpha value is -3.51. The molecule has 12 heteroatoms. The third-order valence-electron chi connectivity index (χ3n) is 9.67. The Morgan fingerprint density at radius 3 is 2.59 bits per heavy atom. The second-order valence-corrected chi connectivity index (χ2v) is 14.5. The van der Waals surface area contributed by atoms with Crippen molar-refractivity contribution in [2.45, 2.75) is 74.3 Å². The average Bonchev–Trinajstić information content (AvgIpc) is 3.68. The number of hydrogen-bond acceptors (Lipinski definition) is 7. The monoisotopic (exact) mass is 755 g/mol. The molecule has 3 saturated heterocycles. The number of allylic oxidation sites excluding steroid dienone is 1. The lowest BCUT2D eigenvalue weighted by Crippen LogP contribution is -2.59. The van der Waals surface area contributed by atoms with Gasteiger partial charge in [0, 0.05) is 17.8 Å². The summed E-state index contributed by atoms with van der Waals surface area (Å²) >= 11 is 10.4. The van der Waals surface area contributed by atoms with Crippen molar-refractivity contribution in [1.82, 2.24) is 10.2 Å². The average molecular weight is 757 g/mol. The van der Waals surface area contributed by atoms with Crippen LogP contribution >= 0.6 is 27.5 Å². The highest BCUT2D eigenvalue weighted by Gasteiger charge is 2.77. The molecule has 3 amide bonds. The molecule has 2 N–H and O–H groups in total. The number of rotatable bonds is 15. The van der Waals surface area contributed by atoms with Crippen LogP contribution in [0.1, 0.15) is 37.3 Å². The number of fused-ring (bicyclic) bond motifs is 1. The Bertz CT molecular complexity index is 1570. The molecule has 2 aromatic carbocycles. The first kappa shape index (κ1) is 36.8. The summed E-state index contributed by atoms with van der Waals surface area (Å²) in [6.07, 6.45) is 3.13. The van der Waals surface area contributed by atoms with Crippen LogP contribution in [0.4, 0.5) is 5.69 Å². The van der Waals surface area contributed by atoms with E-state index in [9.17, 15) is 19.5 Å². The van der Waals surface area contributed by atoms with Gasteiger partial charge < -0.3 is 29.7 Å². The van der Waals surface area contributed by atoms with Crippen LogP contribution in [0.2, 0.25) is 5.02 Å². The van der Waals surface area contributed by atoms with E-state index in [1.807, 2.05) is 43.3 Å². The highest BCUT2D eigenvalue weighted by atomic mass is 79.9. The minimum Gasteiger partial charge on any atom is -0.460 e. The van der Waals surface area contributed by atoms with E-state index in [0.29, 0.717) is 17.1 Å². The molecule has 49 heavy (non-hydrogen) atoms. The van der Waals surface area contributed by atoms with Crippen LogP contribution < -0.4 is 10.2 Å². The van der Waals surface area contributed by atoms with Crippen LogP contribution in [-0.4, -0.2) is 88.1 Å². The molecule has 0 aromatic heterocycles. The number of esters is 1. The van der Waals surface area contributed by atoms with Crippen LogP contribution in [0.15, 0.2) is 73.8 Å². The lowest BCUT2D eigenvalue weighted by molar-refractivity contribution is -0.159. The molecule has 8 atom stereocenters. The maximum atomic E-state index is 15.1. The number of likely N-dealkylation sites (tertiary alicyclic amines) is 1. The first-order valence-electron chi connectivity index (χ1n) is 16.5. The van der Waals surface area contributed by atoms with Crippen LogP contribution in [-0.2, 0) is 35.1 Å². The number of halogens is 2. The summed E-state index contributed by atoms with van der Waals surface area (Å²) in [5.74, 6) is -3.84. The standard InChI is InChI=1S/C37H43BrClN3O7/c1-5-7-16-28(44)40-20-23(4)48-36(47)29-30-34(45)42(25(21-43)18-24-13-9-8-10-14-24)33(37(30)19-26(38)32(29)49-37)35(46)41(17-6-2)31-22(3)12-11-15-27(31)39/h5-6,8-15,23,25-26,29-30,32-33,43H,1-2,7,16-21H2,3-4H3,(H,40,44)/t23-,25-,26?,29-,30+,32-,33-,37+/m1/s1. The second kappa shape index (κ2) is 15.6. The Labute approximate surface area is 300 Å². The Morgan fingerprint density at radius 2 is 1.94 bits per heavy atom. The van der Waals surface area contributed by atoms with Crippen molar-refractivity contribution in [2.75, 3.05) is 24.6 Å². The lowest BCUT2D eigenvalue weighted by Gasteiger charge is -2.40. The largest absolute Gasteiger partial charge is 0.460 e. The summed E-state index contributed by atoms with van der Waals surface area (Å²) in [5, 5.41) is 13.9. The first-order chi connectivity index (χ1) is 23.5. The third-order valence-corrected chi connectivity index (χ3v) is 10.8. The predicted molar refractivity (Wildman–Crippen MR) is 190 cm³/mol. The van der Waals surface area contributed by atoms with E-state index in [0.717, 1.165) is 11.1 Å². The predicted octanol–water partition coefficient (Wildman–Crippen LogP) is 4.53. The summed E-state index contributed by atoms with van der Waals surface area (Å²) in [7, 11) is 0. The minimum absolute atomic E-state index is 0.0893. The fraction of sp³-hybridized carbons (Fsp3) is 0.459. The number of anilines is 1. The number of benzene rings is 2. The zero-order valence-electron chi connectivity index (χ0n) is 27.7. The number of aryl methyl sites for hydroxylation is 1. The maximum absolute atomic E-state index is 15.1. The lowest BCUT2D eigenvalue weighted by atomic mass is 9.70. The Balaban J connectivity index is 1.53. The van der Waals surface area contributed by atoms with Crippen LogP contribution in [0.5, 0.6) is 0 Å². The molecule has 0 saturated carbocycles. The van der Waals surface area contributed by atoms with Crippen molar-refractivity contribution in [3.8, 4) is 0 Å². The Kier molecular flexibility index (Phi) is 11.7. The zero-order valence-corrected chi connectivity index (χ0v) is 30.1. The van der Waals surface area contributed by atoms with E-state index in [4.69, 9.17) is 21.1 Å². The van der Waals surface area contributed by atoms with Gasteiger partial charge in [0.1, 0.15) is 17.7 Å². The van der Waals surface area contributed by atoms with Crippen LogP contribution in [0.3, 0.4) is 0 Å². The molecule has 1 spiro atoms. The number of carbonyl (C=O) groups is 4. The zero-order chi connectivity index (χ0) is 35.5. The third kappa shape index (κ3) is 7.08. The summed E-state index contributed by atoms with van der Waals surface area (Å²) < 4.78 is 12.5. The Morgan fingerprint density at radius 1 is 1.20 bits per heavy atom. The maximum Gasteiger partial charge on any atom is 0.312 e. The van der Waals surface area contributed by atoms with E-state index < -0.39 is 66.1 Å². The SMILES string of the molecule is C=CCCC(=O)NC[C@@H](C)OC(=O)[C@H]1[C@@H]2O[C@@]3(CC2Br)[C@@H]1C(=O)N([C@@H](CO)Cc1ccccc1)[C@@H]3C(=O)N(CC=C)c1c(C)cccc1Cl. The molecule has 0 radical (unpaired) electrons. The van der Waals surface area contributed by atoms with Crippen LogP contribution in [0.25, 0.3) is 0 Å². The van der Waals surface area contributed by atoms with E-state index in [-0.39, 0.29) is 43.1 Å². The fourth-order valence-corrected chi connectivity index (χ4v) is 8.84. The van der Waals surface area contributed by atoms with Crippen molar-refractivity contribution in [1.29, 1.82) is 0 Å². The smallest absolute Gasteiger partial charge is 0.312 e. The quantitative estimate of drug-likeness (QED) is 0.156. The molecule has 0 aliphatic carbocycles. The number of hydrogen-bond donors (Lipinski definition) is 2. The molecular weight excluding hydrogens is 714 g/mol. The number of aliphatic hydroxyl groups is 1. The first-order valence-corrected chi connectivity index (χ1v) is 17.8. The van der Waals surface area contributed by atoms with Gasteiger partial charge in [0.25, 0.3) is 5.91 Å². The van der Waals surface area contributed by atoms with Crippen molar-refractivity contribution >= 4 is 56.9 Å². The molecular formula is C37H43BrClN3O7. The molecule has 3 heterocycles. The summed E-state index contributed by atoms with van der Waals surface area (Å²) in [5.41, 5.74) is 0.686. The molecule has 2 aromatic rings. The molecule has 3 aliphatic heterocycles. The number of amides is 3. The highest BCUT2D eigenvalue weighted by Crippen LogP contribution is 2.61. The normalized spacial score (nSPS) is 26.5. The van der Waals surface area contributed by atoms with E-state index in [1.54, 1.807) is 31.2 Å². The topological polar surface area (TPSA) is 125 Å². The number of para-hydroxylation sites is 1. The number of nitrogens with zero attached hydrogens (tertiary/aromatic N) is 2. The fourth-order valence-electron chi connectivity index (χ4n) is 7.58. The number of carbonyl (C=O) groups excluding carboxylic acids is 4. The summed E-state index contributed by atoms with van der Waals surface area (Å²) in [6, 6.07) is 12.7. The van der Waals surface area contributed by atoms with Gasteiger partial charge in [-0.15, -0.1) is 13.2 Å². The number of alkyl halides is 1. The van der Waals surface area contributed by atoms with Crippen molar-refractivity contribution < 1.29 is 33.8 Å². The number of ether oxygens (including phenoxy) is 2. The highest BCUT2D eigenvalue weighted by molar-refractivity contribution is 9.09. The summed E-state index contributed by atoms with van der Waals surface area (Å²) in [6.45, 7) is 10.8. The van der Waals surface area contributed by atoms with E-state index >= 15 is 4.79 Å². The van der Waals surface area contributed by atoms with Gasteiger partial charge in [-0.1, -0.05) is 82.1 Å². The van der Waals surface area contributed by atoms with Crippen LogP contribution in [0, 0.1) is 18.8 Å². The molecule has 10 nitrogen and oxygen atoms in total. The molecule has 262 valence electrons. The molecule has 3 aliphatic rings. The van der Waals surface area contributed by atoms with E-state index in [1.165, 1.54) is 9.80 Å². The molecule has 2 bridgehead atoms. The van der Waals surface area contributed by atoms with Gasteiger partial charge in [-0.2, -0.15) is 0 Å². The second-order valence-electron chi connectivity index (χ2n) is 13.0. The van der Waals surface area contributed by atoms with Gasteiger partial charge in [0.2, 0.25) is 11.8 Å².